The van der Waals surface area contributed by atoms with Crippen LogP contribution in [-0.4, -0.2) is 51.1 Å². The molecule has 1 N–H and O–H groups in total. The lowest BCUT2D eigenvalue weighted by molar-refractivity contribution is 0.484. The molecule has 4 aromatic carbocycles. The normalized spacial score (nSPS) is 11.1. The molecule has 7 nitrogen and oxygen atoms in total. The number of hydrogen-bond acceptors (Lipinski definition) is 6. The molecular formula is C42H44N4O3S. The maximum atomic E-state index is 11.0. The lowest BCUT2D eigenvalue weighted by Gasteiger charge is -2.11. The lowest BCUT2D eigenvalue weighted by atomic mass is 10.1. The van der Waals surface area contributed by atoms with Gasteiger partial charge in [0.2, 0.25) is 0 Å². The molecule has 0 aliphatic heterocycles. The first kappa shape index (κ1) is 37.3. The van der Waals surface area contributed by atoms with Crippen LogP contribution in [0.15, 0.2) is 133 Å². The van der Waals surface area contributed by atoms with Crippen LogP contribution in [0.25, 0.3) is 35.1 Å². The summed E-state index contributed by atoms with van der Waals surface area (Å²) in [5.41, 5.74) is 9.28. The van der Waals surface area contributed by atoms with Crippen molar-refractivity contribution >= 4 is 56.6 Å². The van der Waals surface area contributed by atoms with E-state index in [2.05, 4.69) is 105 Å². The molecule has 2 heterocycles. The van der Waals surface area contributed by atoms with Crippen molar-refractivity contribution in [1.29, 1.82) is 0 Å². The van der Waals surface area contributed by atoms with Gasteiger partial charge in [-0.3, -0.25) is 14.5 Å². The van der Waals surface area contributed by atoms with E-state index in [1.807, 2.05) is 72.6 Å². The Labute approximate surface area is 296 Å². The minimum atomic E-state index is -4.13. The third kappa shape index (κ3) is 11.5. The van der Waals surface area contributed by atoms with E-state index in [-0.39, 0.29) is 4.90 Å². The van der Waals surface area contributed by atoms with Gasteiger partial charge in [0.25, 0.3) is 10.1 Å². The van der Waals surface area contributed by atoms with Gasteiger partial charge in [-0.25, -0.2) is 0 Å². The number of aromatic nitrogens is 2. The third-order valence-corrected chi connectivity index (χ3v) is 8.54. The standard InChI is InChI=1S/2C16H18N2.C10H8O3S/c2*1-13-12-15(10-11-17-13)5-4-14-6-8-16(9-7-14)18(2)3;11-14(12,13)10-7-3-5-8-4-1-2-6-9(8)10/h2*4-12H,1-3H3;1-7H,(H,11,12,13). The summed E-state index contributed by atoms with van der Waals surface area (Å²) < 4.78 is 31.0. The molecule has 8 heteroatoms. The quantitative estimate of drug-likeness (QED) is 0.168. The number of hydrogen-bond donors (Lipinski definition) is 1. The number of anilines is 2. The molecule has 6 aromatic rings. The molecule has 0 unspecified atom stereocenters. The monoisotopic (exact) mass is 684 g/mol. The Morgan fingerprint density at radius 1 is 0.540 bits per heavy atom. The van der Waals surface area contributed by atoms with Crippen molar-refractivity contribution in [3.8, 4) is 0 Å². The zero-order chi connectivity index (χ0) is 36.1. The molecule has 0 bridgehead atoms. The highest BCUT2D eigenvalue weighted by Crippen LogP contribution is 2.22. The smallest absolute Gasteiger partial charge is 0.295 e. The molecule has 0 spiro atoms. The van der Waals surface area contributed by atoms with Crippen LogP contribution in [0.4, 0.5) is 11.4 Å². The van der Waals surface area contributed by atoms with Gasteiger partial charge in [-0.2, -0.15) is 8.42 Å². The SMILES string of the molecule is Cc1cc(C=Cc2ccc(N(C)C)cc2)ccn1.Cc1cc(C=Cc2ccc(N(C)C)cc2)ccn1.O=S(=O)(O)c1cccc2ccccc12. The van der Waals surface area contributed by atoms with E-state index in [0.717, 1.165) is 16.8 Å². The second kappa shape index (κ2) is 17.7. The number of pyridine rings is 2. The van der Waals surface area contributed by atoms with Gasteiger partial charge < -0.3 is 9.80 Å². The Morgan fingerprint density at radius 3 is 1.38 bits per heavy atom. The molecule has 6 rings (SSSR count). The lowest BCUT2D eigenvalue weighted by Crippen LogP contribution is -2.07. The first-order valence-corrected chi connectivity index (χ1v) is 17.5. The van der Waals surface area contributed by atoms with E-state index in [1.165, 1.54) is 39.7 Å². The first-order valence-electron chi connectivity index (χ1n) is 16.1. The molecule has 0 aliphatic rings. The number of aryl methyl sites for hydroxylation is 2. The topological polar surface area (TPSA) is 86.6 Å². The van der Waals surface area contributed by atoms with Gasteiger partial charge in [0.05, 0.1) is 0 Å². The third-order valence-electron chi connectivity index (χ3n) is 7.62. The average Bonchev–Trinajstić information content (AvgIpc) is 3.10. The van der Waals surface area contributed by atoms with Crippen molar-refractivity contribution in [3.63, 3.8) is 0 Å². The average molecular weight is 685 g/mol. The van der Waals surface area contributed by atoms with Crippen LogP contribution in [0.2, 0.25) is 0 Å². The van der Waals surface area contributed by atoms with Gasteiger partial charge in [-0.05, 0) is 96.1 Å². The molecule has 2 aromatic heterocycles. The highest BCUT2D eigenvalue weighted by Gasteiger charge is 2.12. The van der Waals surface area contributed by atoms with Gasteiger partial charge in [0.15, 0.2) is 0 Å². The van der Waals surface area contributed by atoms with Crippen molar-refractivity contribution in [2.24, 2.45) is 0 Å². The number of fused-ring (bicyclic) bond motifs is 1. The molecule has 0 atom stereocenters. The molecule has 0 fully saturated rings. The summed E-state index contributed by atoms with van der Waals surface area (Å²) >= 11 is 0. The zero-order valence-corrected chi connectivity index (χ0v) is 30.2. The van der Waals surface area contributed by atoms with Crippen molar-refractivity contribution in [1.82, 2.24) is 9.97 Å². The summed E-state index contributed by atoms with van der Waals surface area (Å²) in [6.07, 6.45) is 12.1. The largest absolute Gasteiger partial charge is 0.378 e. The summed E-state index contributed by atoms with van der Waals surface area (Å²) in [5.74, 6) is 0. The molecule has 0 saturated heterocycles. The van der Waals surface area contributed by atoms with Crippen LogP contribution < -0.4 is 9.80 Å². The fourth-order valence-electron chi connectivity index (χ4n) is 4.91. The van der Waals surface area contributed by atoms with Crippen LogP contribution in [0, 0.1) is 13.8 Å². The van der Waals surface area contributed by atoms with Gasteiger partial charge in [0, 0.05) is 68.7 Å². The summed E-state index contributed by atoms with van der Waals surface area (Å²) in [4.78, 5) is 12.5. The predicted octanol–water partition coefficient (Wildman–Crippen LogP) is 9.34. The van der Waals surface area contributed by atoms with Crippen molar-refractivity contribution in [2.45, 2.75) is 18.7 Å². The summed E-state index contributed by atoms with van der Waals surface area (Å²) in [7, 11) is 4.06. The fraction of sp³-hybridized carbons (Fsp3) is 0.143. The molecule has 50 heavy (non-hydrogen) atoms. The highest BCUT2D eigenvalue weighted by atomic mass is 32.2. The van der Waals surface area contributed by atoms with Gasteiger partial charge in [-0.15, -0.1) is 0 Å². The number of benzene rings is 4. The molecule has 256 valence electrons. The number of nitrogens with zero attached hydrogens (tertiary/aromatic N) is 4. The molecular weight excluding hydrogens is 641 g/mol. The van der Waals surface area contributed by atoms with Crippen LogP contribution >= 0.6 is 0 Å². The maximum Gasteiger partial charge on any atom is 0.295 e. The number of rotatable bonds is 7. The molecule has 0 aliphatic carbocycles. The minimum absolute atomic E-state index is 0.0457. The van der Waals surface area contributed by atoms with E-state index in [4.69, 9.17) is 4.55 Å². The Morgan fingerprint density at radius 2 is 0.960 bits per heavy atom. The van der Waals surface area contributed by atoms with E-state index in [0.29, 0.717) is 5.39 Å². The van der Waals surface area contributed by atoms with Crippen molar-refractivity contribution in [2.75, 3.05) is 38.0 Å². The Kier molecular flexibility index (Phi) is 13.2. The zero-order valence-electron chi connectivity index (χ0n) is 29.4. The molecule has 0 amide bonds. The first-order chi connectivity index (χ1) is 23.9. The minimum Gasteiger partial charge on any atom is -0.378 e. The van der Waals surface area contributed by atoms with Crippen LogP contribution in [0.5, 0.6) is 0 Å². The van der Waals surface area contributed by atoms with Crippen molar-refractivity contribution < 1.29 is 13.0 Å². The Hall–Kier alpha value is -5.57. The second-order valence-corrected chi connectivity index (χ2v) is 13.4. The fourth-order valence-corrected chi connectivity index (χ4v) is 5.63. The van der Waals surface area contributed by atoms with Crippen molar-refractivity contribution in [3.05, 3.63) is 161 Å². The van der Waals surface area contributed by atoms with Gasteiger partial charge >= 0.3 is 0 Å². The van der Waals surface area contributed by atoms with Crippen LogP contribution in [0.1, 0.15) is 33.6 Å². The molecule has 0 saturated carbocycles. The van der Waals surface area contributed by atoms with E-state index >= 15 is 0 Å². The van der Waals surface area contributed by atoms with E-state index in [9.17, 15) is 8.42 Å². The summed E-state index contributed by atoms with van der Waals surface area (Å²) in [6.45, 7) is 4.01. The van der Waals surface area contributed by atoms with Crippen LogP contribution in [0.3, 0.4) is 0 Å². The Balaban J connectivity index is 0.000000170. The second-order valence-electron chi connectivity index (χ2n) is 12.1. The van der Waals surface area contributed by atoms with E-state index in [1.54, 1.807) is 30.3 Å². The summed E-state index contributed by atoms with van der Waals surface area (Å²) in [5, 5.41) is 1.33. The van der Waals surface area contributed by atoms with E-state index < -0.39 is 10.1 Å². The maximum absolute atomic E-state index is 11.0. The summed E-state index contributed by atoms with van der Waals surface area (Å²) in [6, 6.07) is 37.0. The molecule has 0 radical (unpaired) electrons. The predicted molar refractivity (Wildman–Crippen MR) is 211 cm³/mol. The van der Waals surface area contributed by atoms with Gasteiger partial charge in [-0.1, -0.05) is 85.0 Å². The van der Waals surface area contributed by atoms with Gasteiger partial charge in [0.1, 0.15) is 4.90 Å². The van der Waals surface area contributed by atoms with Crippen LogP contribution in [-0.2, 0) is 10.1 Å². The Bertz CT molecular complexity index is 2050. The highest BCUT2D eigenvalue weighted by molar-refractivity contribution is 7.86.